The molecular weight excluding hydrogens is 164 g/mol. The van der Waals surface area contributed by atoms with Crippen LogP contribution >= 0.6 is 0 Å². The number of hydrogen-bond acceptors (Lipinski definition) is 2. The van der Waals surface area contributed by atoms with Crippen molar-refractivity contribution in [3.05, 3.63) is 29.3 Å². The molecule has 0 aliphatic rings. The van der Waals surface area contributed by atoms with Gasteiger partial charge in [-0.15, -0.1) is 0 Å². The van der Waals surface area contributed by atoms with Crippen molar-refractivity contribution in [1.29, 1.82) is 0 Å². The molecule has 1 rings (SSSR count). The Kier molecular flexibility index (Phi) is 3.07. The Bertz CT molecular complexity index is 316. The predicted octanol–water partition coefficient (Wildman–Crippen LogP) is 2.46. The zero-order chi connectivity index (χ0) is 9.84. The number of methoxy groups -OCH3 is 1. The van der Waals surface area contributed by atoms with Crippen molar-refractivity contribution >= 4 is 5.78 Å². The first kappa shape index (κ1) is 9.78. The summed E-state index contributed by atoms with van der Waals surface area (Å²) < 4.78 is 5.13. The van der Waals surface area contributed by atoms with Gasteiger partial charge < -0.3 is 4.74 Å². The highest BCUT2D eigenvalue weighted by atomic mass is 16.5. The van der Waals surface area contributed by atoms with E-state index in [-0.39, 0.29) is 5.78 Å². The zero-order valence-corrected chi connectivity index (χ0v) is 8.26. The Hall–Kier alpha value is -1.31. The van der Waals surface area contributed by atoms with Crippen molar-refractivity contribution in [3.8, 4) is 5.75 Å². The maximum Gasteiger partial charge on any atom is 0.163 e. The number of aryl methyl sites for hydroxylation is 1. The average molecular weight is 178 g/mol. The van der Waals surface area contributed by atoms with Gasteiger partial charge in [0.25, 0.3) is 0 Å². The fourth-order valence-corrected chi connectivity index (χ4v) is 1.25. The number of carbonyl (C=O) groups is 1. The number of hydrogen-bond donors (Lipinski definition) is 0. The molecule has 13 heavy (non-hydrogen) atoms. The fourth-order valence-electron chi connectivity index (χ4n) is 1.25. The maximum absolute atomic E-state index is 11.1. The van der Waals surface area contributed by atoms with E-state index in [0.717, 1.165) is 6.42 Å². The lowest BCUT2D eigenvalue weighted by atomic mass is 10.1. The smallest absolute Gasteiger partial charge is 0.163 e. The van der Waals surface area contributed by atoms with Crippen LogP contribution in [0.5, 0.6) is 5.75 Å². The van der Waals surface area contributed by atoms with Crippen molar-refractivity contribution in [2.75, 3.05) is 7.11 Å². The summed E-state index contributed by atoms with van der Waals surface area (Å²) >= 11 is 0. The third kappa shape index (κ3) is 2.08. The number of carbonyl (C=O) groups excluding carboxylic acids is 1. The minimum absolute atomic E-state index is 0.0412. The monoisotopic (exact) mass is 178 g/mol. The molecular formula is C11H14O2. The summed E-state index contributed by atoms with van der Waals surface area (Å²) in [6.45, 7) is 3.62. The van der Waals surface area contributed by atoms with Gasteiger partial charge in [-0.05, 0) is 31.0 Å². The van der Waals surface area contributed by atoms with E-state index in [1.165, 1.54) is 5.56 Å². The second-order valence-corrected chi connectivity index (χ2v) is 2.94. The molecule has 1 aromatic carbocycles. The topological polar surface area (TPSA) is 26.3 Å². The van der Waals surface area contributed by atoms with E-state index < -0.39 is 0 Å². The molecule has 0 fully saturated rings. The van der Waals surface area contributed by atoms with Crippen LogP contribution in [-0.2, 0) is 6.42 Å². The standard InChI is InChI=1S/C11H14O2/c1-4-9-5-6-10(8(2)12)11(7-9)13-3/h5-7H,4H2,1-3H3. The molecule has 0 saturated carbocycles. The highest BCUT2D eigenvalue weighted by Gasteiger charge is 2.07. The molecule has 0 saturated heterocycles. The molecule has 0 atom stereocenters. The predicted molar refractivity (Wildman–Crippen MR) is 52.4 cm³/mol. The summed E-state index contributed by atoms with van der Waals surface area (Å²) in [6, 6.07) is 5.69. The van der Waals surface area contributed by atoms with E-state index >= 15 is 0 Å². The number of ether oxygens (including phenoxy) is 1. The van der Waals surface area contributed by atoms with E-state index in [1.807, 2.05) is 18.2 Å². The molecule has 0 radical (unpaired) electrons. The lowest BCUT2D eigenvalue weighted by molar-refractivity contribution is 0.101. The molecule has 0 N–H and O–H groups in total. The highest BCUT2D eigenvalue weighted by molar-refractivity contribution is 5.96. The lowest BCUT2D eigenvalue weighted by Crippen LogP contribution is -1.98. The third-order valence-electron chi connectivity index (χ3n) is 2.05. The Morgan fingerprint density at radius 2 is 2.15 bits per heavy atom. The van der Waals surface area contributed by atoms with Gasteiger partial charge in [0, 0.05) is 0 Å². The first-order valence-electron chi connectivity index (χ1n) is 4.37. The number of rotatable bonds is 3. The Balaban J connectivity index is 3.15. The van der Waals surface area contributed by atoms with E-state index in [1.54, 1.807) is 14.0 Å². The minimum atomic E-state index is 0.0412. The first-order chi connectivity index (χ1) is 6.19. The van der Waals surface area contributed by atoms with Crippen LogP contribution in [0.2, 0.25) is 0 Å². The number of ketones is 1. The Morgan fingerprint density at radius 3 is 2.62 bits per heavy atom. The summed E-state index contributed by atoms with van der Waals surface area (Å²) in [5, 5.41) is 0. The van der Waals surface area contributed by atoms with Gasteiger partial charge >= 0.3 is 0 Å². The van der Waals surface area contributed by atoms with Gasteiger partial charge in [-0.25, -0.2) is 0 Å². The molecule has 2 nitrogen and oxygen atoms in total. The van der Waals surface area contributed by atoms with Crippen LogP contribution in [0.3, 0.4) is 0 Å². The largest absolute Gasteiger partial charge is 0.496 e. The van der Waals surface area contributed by atoms with Crippen molar-refractivity contribution in [2.24, 2.45) is 0 Å². The summed E-state index contributed by atoms with van der Waals surface area (Å²) in [7, 11) is 1.58. The third-order valence-corrected chi connectivity index (χ3v) is 2.05. The second kappa shape index (κ2) is 4.08. The minimum Gasteiger partial charge on any atom is -0.496 e. The van der Waals surface area contributed by atoms with Crippen LogP contribution in [0.25, 0.3) is 0 Å². The van der Waals surface area contributed by atoms with Crippen LogP contribution in [0.15, 0.2) is 18.2 Å². The summed E-state index contributed by atoms with van der Waals surface area (Å²) in [6.07, 6.45) is 0.953. The van der Waals surface area contributed by atoms with Crippen LogP contribution in [0, 0.1) is 0 Å². The van der Waals surface area contributed by atoms with Gasteiger partial charge in [-0.3, -0.25) is 4.79 Å². The van der Waals surface area contributed by atoms with E-state index in [2.05, 4.69) is 6.92 Å². The number of Topliss-reactive ketones (excluding diaryl/α,β-unsaturated/α-hetero) is 1. The summed E-state index contributed by atoms with van der Waals surface area (Å²) in [5.41, 5.74) is 1.83. The zero-order valence-electron chi connectivity index (χ0n) is 8.26. The van der Waals surface area contributed by atoms with Crippen molar-refractivity contribution < 1.29 is 9.53 Å². The van der Waals surface area contributed by atoms with Gasteiger partial charge in [0.2, 0.25) is 0 Å². The van der Waals surface area contributed by atoms with E-state index in [4.69, 9.17) is 4.74 Å². The molecule has 0 amide bonds. The fraction of sp³-hybridized carbons (Fsp3) is 0.364. The molecule has 0 unspecified atom stereocenters. The Labute approximate surface area is 78.5 Å². The van der Waals surface area contributed by atoms with E-state index in [9.17, 15) is 4.79 Å². The Morgan fingerprint density at radius 1 is 1.46 bits per heavy atom. The van der Waals surface area contributed by atoms with Gasteiger partial charge in [0.15, 0.2) is 5.78 Å². The van der Waals surface area contributed by atoms with Gasteiger partial charge in [0.1, 0.15) is 5.75 Å². The molecule has 2 heteroatoms. The van der Waals surface area contributed by atoms with Crippen molar-refractivity contribution in [2.45, 2.75) is 20.3 Å². The second-order valence-electron chi connectivity index (χ2n) is 2.94. The highest BCUT2D eigenvalue weighted by Crippen LogP contribution is 2.20. The molecule has 0 spiro atoms. The molecule has 0 heterocycles. The molecule has 0 aromatic heterocycles. The van der Waals surface area contributed by atoms with Crippen LogP contribution in [0.1, 0.15) is 29.8 Å². The molecule has 0 aliphatic carbocycles. The normalized spacial score (nSPS) is 9.77. The summed E-state index contributed by atoms with van der Waals surface area (Å²) in [4.78, 5) is 11.1. The first-order valence-corrected chi connectivity index (χ1v) is 4.37. The van der Waals surface area contributed by atoms with Gasteiger partial charge in [0.05, 0.1) is 12.7 Å². The molecule has 0 bridgehead atoms. The molecule has 0 aliphatic heterocycles. The lowest BCUT2D eigenvalue weighted by Gasteiger charge is -2.06. The van der Waals surface area contributed by atoms with Crippen LogP contribution < -0.4 is 4.74 Å². The number of benzene rings is 1. The SMILES string of the molecule is CCc1ccc(C(C)=O)c(OC)c1. The quantitative estimate of drug-likeness (QED) is 0.664. The van der Waals surface area contributed by atoms with Crippen LogP contribution in [-0.4, -0.2) is 12.9 Å². The average Bonchev–Trinajstić information content (AvgIpc) is 2.16. The molecule has 1 aromatic rings. The molecule has 70 valence electrons. The van der Waals surface area contributed by atoms with Crippen molar-refractivity contribution in [3.63, 3.8) is 0 Å². The van der Waals surface area contributed by atoms with Crippen molar-refractivity contribution in [1.82, 2.24) is 0 Å². The van der Waals surface area contributed by atoms with Gasteiger partial charge in [-0.2, -0.15) is 0 Å². The van der Waals surface area contributed by atoms with Crippen LogP contribution in [0.4, 0.5) is 0 Å². The summed E-state index contributed by atoms with van der Waals surface area (Å²) in [5.74, 6) is 0.714. The van der Waals surface area contributed by atoms with E-state index in [0.29, 0.717) is 11.3 Å². The maximum atomic E-state index is 11.1. The van der Waals surface area contributed by atoms with Gasteiger partial charge in [-0.1, -0.05) is 13.0 Å².